The van der Waals surface area contributed by atoms with Crippen molar-refractivity contribution in [2.45, 2.75) is 13.3 Å². The molecule has 0 spiro atoms. The summed E-state index contributed by atoms with van der Waals surface area (Å²) >= 11 is 0. The number of hydrogen-bond acceptors (Lipinski definition) is 2. The average molecular weight is 210 g/mol. The minimum absolute atomic E-state index is 0.0155. The second-order valence-corrected chi connectivity index (χ2v) is 3.31. The zero-order chi connectivity index (χ0) is 11.0. The van der Waals surface area contributed by atoms with Gasteiger partial charge in [0.2, 0.25) is 0 Å². The minimum Gasteiger partial charge on any atom is -0.272 e. The van der Waals surface area contributed by atoms with Crippen LogP contribution in [-0.2, 0) is 4.79 Å². The molecule has 1 aromatic carbocycles. The van der Waals surface area contributed by atoms with E-state index >= 15 is 0 Å². The molecule has 0 aliphatic carbocycles. The van der Waals surface area contributed by atoms with E-state index in [1.165, 1.54) is 6.07 Å². The zero-order valence-corrected chi connectivity index (χ0v) is 8.00. The van der Waals surface area contributed by atoms with Crippen LogP contribution in [0.3, 0.4) is 0 Å². The van der Waals surface area contributed by atoms with Gasteiger partial charge in [-0.1, -0.05) is 0 Å². The molecule has 0 fully saturated rings. The zero-order valence-electron chi connectivity index (χ0n) is 8.00. The highest BCUT2D eigenvalue weighted by molar-refractivity contribution is 6.12. The molecule has 1 aliphatic rings. The lowest BCUT2D eigenvalue weighted by molar-refractivity contribution is -0.116. The van der Waals surface area contributed by atoms with Crippen molar-refractivity contribution >= 4 is 17.3 Å². The Morgan fingerprint density at radius 3 is 2.67 bits per heavy atom. The largest absolute Gasteiger partial charge is 0.272 e. The van der Waals surface area contributed by atoms with E-state index in [0.29, 0.717) is 5.71 Å². The van der Waals surface area contributed by atoms with Crippen LogP contribution in [0, 0.1) is 11.6 Å². The summed E-state index contributed by atoms with van der Waals surface area (Å²) in [5.74, 6) is -1.77. The molecular weight excluding hydrogens is 202 g/mol. The van der Waals surface area contributed by atoms with E-state index in [4.69, 9.17) is 0 Å². The fraction of sp³-hybridized carbons (Fsp3) is 0.200. The third-order valence-electron chi connectivity index (χ3n) is 2.05. The Morgan fingerprint density at radius 1 is 1.40 bits per heavy atom. The van der Waals surface area contributed by atoms with Gasteiger partial charge < -0.3 is 0 Å². The molecule has 0 saturated heterocycles. The van der Waals surface area contributed by atoms with Gasteiger partial charge in [-0.05, 0) is 19.1 Å². The number of amides is 1. The van der Waals surface area contributed by atoms with Gasteiger partial charge in [0.25, 0.3) is 5.91 Å². The van der Waals surface area contributed by atoms with Crippen LogP contribution >= 0.6 is 0 Å². The smallest absolute Gasteiger partial charge is 0.253 e. The van der Waals surface area contributed by atoms with Gasteiger partial charge in [0, 0.05) is 11.8 Å². The van der Waals surface area contributed by atoms with Crippen molar-refractivity contribution in [1.29, 1.82) is 0 Å². The first-order valence-corrected chi connectivity index (χ1v) is 4.40. The quantitative estimate of drug-likeness (QED) is 0.698. The van der Waals surface area contributed by atoms with E-state index in [-0.39, 0.29) is 18.0 Å². The first kappa shape index (κ1) is 9.76. The number of rotatable bonds is 1. The number of anilines is 1. The maximum Gasteiger partial charge on any atom is 0.253 e. The van der Waals surface area contributed by atoms with Crippen LogP contribution in [0.25, 0.3) is 0 Å². The van der Waals surface area contributed by atoms with Crippen LogP contribution in [0.15, 0.2) is 23.3 Å². The molecule has 0 radical (unpaired) electrons. The summed E-state index contributed by atoms with van der Waals surface area (Å²) < 4.78 is 25.9. The van der Waals surface area contributed by atoms with Crippen molar-refractivity contribution in [3.8, 4) is 0 Å². The number of carbonyl (C=O) groups excluding carboxylic acids is 1. The lowest BCUT2D eigenvalue weighted by Gasteiger charge is -2.12. The number of hydrogen-bond donors (Lipinski definition) is 0. The van der Waals surface area contributed by atoms with Gasteiger partial charge in [-0.3, -0.25) is 4.79 Å². The number of carbonyl (C=O) groups is 1. The van der Waals surface area contributed by atoms with E-state index in [2.05, 4.69) is 5.10 Å². The van der Waals surface area contributed by atoms with Crippen molar-refractivity contribution in [2.24, 2.45) is 5.10 Å². The standard InChI is InChI=1S/C10H8F2N2O/c1-6-4-10(15)14(13-6)9-3-2-7(11)5-8(9)12/h2-3,5H,4H2,1H3. The Labute approximate surface area is 85.0 Å². The topological polar surface area (TPSA) is 32.7 Å². The molecule has 0 aromatic heterocycles. The number of hydrazone groups is 1. The number of benzene rings is 1. The Balaban J connectivity index is 2.42. The maximum absolute atomic E-state index is 13.3. The van der Waals surface area contributed by atoms with Crippen molar-refractivity contribution < 1.29 is 13.6 Å². The third kappa shape index (κ3) is 1.72. The molecule has 78 valence electrons. The van der Waals surface area contributed by atoms with Crippen LogP contribution in [0.2, 0.25) is 0 Å². The van der Waals surface area contributed by atoms with Gasteiger partial charge in [-0.15, -0.1) is 0 Å². The molecule has 0 N–H and O–H groups in total. The number of nitrogens with zero attached hydrogens (tertiary/aromatic N) is 2. The first-order chi connectivity index (χ1) is 7.08. The fourth-order valence-corrected chi connectivity index (χ4v) is 1.40. The van der Waals surface area contributed by atoms with Gasteiger partial charge in [0.05, 0.1) is 6.42 Å². The van der Waals surface area contributed by atoms with E-state index in [0.717, 1.165) is 17.1 Å². The van der Waals surface area contributed by atoms with Crippen LogP contribution in [0.4, 0.5) is 14.5 Å². The lowest BCUT2D eigenvalue weighted by Crippen LogP contribution is -2.20. The highest BCUT2D eigenvalue weighted by Gasteiger charge is 2.25. The van der Waals surface area contributed by atoms with Gasteiger partial charge in [-0.2, -0.15) is 10.1 Å². The molecule has 1 aromatic rings. The summed E-state index contributed by atoms with van der Waals surface area (Å²) in [6.07, 6.45) is 0.177. The SMILES string of the molecule is CC1=NN(c2ccc(F)cc2F)C(=O)C1. The van der Waals surface area contributed by atoms with Crippen molar-refractivity contribution in [1.82, 2.24) is 0 Å². The first-order valence-electron chi connectivity index (χ1n) is 4.40. The fourth-order valence-electron chi connectivity index (χ4n) is 1.40. The molecule has 3 nitrogen and oxygen atoms in total. The highest BCUT2D eigenvalue weighted by Crippen LogP contribution is 2.24. The highest BCUT2D eigenvalue weighted by atomic mass is 19.1. The van der Waals surface area contributed by atoms with Gasteiger partial charge in [-0.25, -0.2) is 8.78 Å². The molecule has 0 unspecified atom stereocenters. The Hall–Kier alpha value is -1.78. The monoisotopic (exact) mass is 210 g/mol. The van der Waals surface area contributed by atoms with E-state index in [1.54, 1.807) is 6.92 Å². The molecule has 0 bridgehead atoms. The summed E-state index contributed by atoms with van der Waals surface area (Å²) in [6.45, 7) is 1.68. The van der Waals surface area contributed by atoms with Crippen LogP contribution in [0.1, 0.15) is 13.3 Å². The molecule has 1 aliphatic heterocycles. The van der Waals surface area contributed by atoms with Crippen LogP contribution in [-0.4, -0.2) is 11.6 Å². The van der Waals surface area contributed by atoms with E-state index < -0.39 is 11.6 Å². The van der Waals surface area contributed by atoms with Crippen LogP contribution in [0.5, 0.6) is 0 Å². The van der Waals surface area contributed by atoms with Crippen LogP contribution < -0.4 is 5.01 Å². The predicted octanol–water partition coefficient (Wildman–Crippen LogP) is 2.08. The third-order valence-corrected chi connectivity index (χ3v) is 2.05. The predicted molar refractivity (Wildman–Crippen MR) is 51.6 cm³/mol. The summed E-state index contributed by atoms with van der Waals surface area (Å²) in [5, 5.41) is 4.83. The summed E-state index contributed by atoms with van der Waals surface area (Å²) in [6, 6.07) is 3.02. The Morgan fingerprint density at radius 2 is 2.13 bits per heavy atom. The molecule has 0 atom stereocenters. The molecule has 15 heavy (non-hydrogen) atoms. The average Bonchev–Trinajstić information content (AvgIpc) is 2.45. The summed E-state index contributed by atoms with van der Waals surface area (Å²) in [4.78, 5) is 11.4. The second-order valence-electron chi connectivity index (χ2n) is 3.31. The Kier molecular flexibility index (Phi) is 2.22. The van der Waals surface area contributed by atoms with Gasteiger partial charge in [0.15, 0.2) is 5.82 Å². The second kappa shape index (κ2) is 3.42. The molecule has 1 amide bonds. The molecule has 0 saturated carbocycles. The van der Waals surface area contributed by atoms with E-state index in [9.17, 15) is 13.6 Å². The molecule has 1 heterocycles. The number of halogens is 2. The normalized spacial score (nSPS) is 15.8. The summed E-state index contributed by atoms with van der Waals surface area (Å²) in [5.41, 5.74) is 0.599. The van der Waals surface area contributed by atoms with Crippen molar-refractivity contribution in [3.63, 3.8) is 0 Å². The van der Waals surface area contributed by atoms with Gasteiger partial charge >= 0.3 is 0 Å². The maximum atomic E-state index is 13.3. The Bertz CT molecular complexity index is 457. The van der Waals surface area contributed by atoms with Crippen molar-refractivity contribution in [2.75, 3.05) is 5.01 Å². The van der Waals surface area contributed by atoms with Crippen molar-refractivity contribution in [3.05, 3.63) is 29.8 Å². The molecule has 5 heteroatoms. The lowest BCUT2D eigenvalue weighted by atomic mass is 10.2. The van der Waals surface area contributed by atoms with Gasteiger partial charge in [0.1, 0.15) is 11.5 Å². The minimum atomic E-state index is -0.790. The molecular formula is C10H8F2N2O. The molecule has 2 rings (SSSR count). The summed E-state index contributed by atoms with van der Waals surface area (Å²) in [7, 11) is 0. The van der Waals surface area contributed by atoms with E-state index in [1.807, 2.05) is 0 Å².